The standard InChI is InChI=1S/C33H31FN4O4/c1-2-33(29(39)11-12-36-13-15-37(16-14-36)24-9-7-23(34)8-10-24)26-18-28-30-22(17-21-5-3-4-6-27(21)35-30)19-38(28)31(40)25(26)20-42-32(33)41/h3-10,17-18H,2,11-16,19-20H2,1H3/t33-/m1/s1. The summed E-state index contributed by atoms with van der Waals surface area (Å²) in [5, 5.41) is 0.997. The molecule has 4 aromatic rings. The third-order valence-electron chi connectivity index (χ3n) is 9.16. The van der Waals surface area contributed by atoms with Crippen molar-refractivity contribution in [2.75, 3.05) is 37.6 Å². The summed E-state index contributed by atoms with van der Waals surface area (Å²) in [5.41, 5.74) is 3.16. The lowest BCUT2D eigenvalue weighted by Gasteiger charge is -2.38. The van der Waals surface area contributed by atoms with Crippen LogP contribution in [0.3, 0.4) is 0 Å². The number of carbonyl (C=O) groups is 2. The molecule has 5 heterocycles. The van der Waals surface area contributed by atoms with E-state index in [1.807, 2.05) is 30.3 Å². The fourth-order valence-corrected chi connectivity index (χ4v) is 6.76. The van der Waals surface area contributed by atoms with Gasteiger partial charge in [0.25, 0.3) is 5.56 Å². The molecule has 2 aromatic carbocycles. The molecule has 3 aliphatic heterocycles. The maximum Gasteiger partial charge on any atom is 0.324 e. The molecule has 8 nitrogen and oxygen atoms in total. The Morgan fingerprint density at radius 1 is 1.02 bits per heavy atom. The third kappa shape index (κ3) is 4.14. The van der Waals surface area contributed by atoms with Gasteiger partial charge in [-0.05, 0) is 54.4 Å². The van der Waals surface area contributed by atoms with Crippen molar-refractivity contribution >= 4 is 28.3 Å². The summed E-state index contributed by atoms with van der Waals surface area (Å²) in [5.74, 6) is -1.08. The predicted octanol–water partition coefficient (Wildman–Crippen LogP) is 4.05. The molecule has 0 bridgehead atoms. The average molecular weight is 567 g/mol. The number of ketones is 1. The first-order valence-corrected chi connectivity index (χ1v) is 14.5. The van der Waals surface area contributed by atoms with E-state index < -0.39 is 11.4 Å². The third-order valence-corrected chi connectivity index (χ3v) is 9.16. The highest BCUT2D eigenvalue weighted by molar-refractivity contribution is 6.10. The zero-order valence-electron chi connectivity index (χ0n) is 23.4. The molecule has 1 atom stereocenters. The molecule has 7 rings (SSSR count). The molecule has 0 amide bonds. The van der Waals surface area contributed by atoms with Crippen LogP contribution in [0.25, 0.3) is 22.3 Å². The summed E-state index contributed by atoms with van der Waals surface area (Å²) in [6.07, 6.45) is 0.369. The SMILES string of the molecule is CC[C@@]1(C(=O)CCN2CCN(c3ccc(F)cc3)CC2)C(=O)OCc2c1cc1n(c2=O)Cc2cc3ccccc3nc2-1. The summed E-state index contributed by atoms with van der Waals surface area (Å²) in [6, 6.07) is 18.2. The van der Waals surface area contributed by atoms with Gasteiger partial charge in [-0.15, -0.1) is 0 Å². The summed E-state index contributed by atoms with van der Waals surface area (Å²) >= 11 is 0. The average Bonchev–Trinajstić information content (AvgIpc) is 3.37. The molecular formula is C33H31FN4O4. The van der Waals surface area contributed by atoms with Crippen LogP contribution in [0.2, 0.25) is 0 Å². The minimum absolute atomic E-state index is 0.139. The zero-order chi connectivity index (χ0) is 29.0. The molecule has 1 fully saturated rings. The molecule has 0 radical (unpaired) electrons. The summed E-state index contributed by atoms with van der Waals surface area (Å²) in [7, 11) is 0. The van der Waals surface area contributed by atoms with Gasteiger partial charge in [0.15, 0.2) is 11.2 Å². The monoisotopic (exact) mass is 566 g/mol. The molecule has 0 saturated carbocycles. The number of fused-ring (bicyclic) bond motifs is 5. The number of aromatic nitrogens is 2. The maximum absolute atomic E-state index is 14.0. The number of hydrogen-bond acceptors (Lipinski definition) is 7. The van der Waals surface area contributed by atoms with E-state index in [-0.39, 0.29) is 36.6 Å². The Balaban J connectivity index is 1.16. The Morgan fingerprint density at radius 2 is 1.79 bits per heavy atom. The van der Waals surface area contributed by atoms with Gasteiger partial charge in [-0.2, -0.15) is 0 Å². The van der Waals surface area contributed by atoms with Crippen LogP contribution >= 0.6 is 0 Å². The Bertz CT molecular complexity index is 1790. The van der Waals surface area contributed by atoms with Gasteiger partial charge in [0.05, 0.1) is 29.0 Å². The number of ether oxygens (including phenoxy) is 1. The maximum atomic E-state index is 14.0. The van der Waals surface area contributed by atoms with Gasteiger partial charge in [-0.25, -0.2) is 9.37 Å². The number of halogens is 1. The van der Waals surface area contributed by atoms with Crippen LogP contribution < -0.4 is 10.5 Å². The molecule has 214 valence electrons. The van der Waals surface area contributed by atoms with Crippen LogP contribution in [-0.4, -0.2) is 58.9 Å². The first kappa shape index (κ1) is 26.5. The fourth-order valence-electron chi connectivity index (χ4n) is 6.76. The van der Waals surface area contributed by atoms with Crippen LogP contribution in [0.5, 0.6) is 0 Å². The number of Topliss-reactive ketones (excluding diaryl/α,β-unsaturated/α-hetero) is 1. The highest BCUT2D eigenvalue weighted by Crippen LogP contribution is 2.41. The Kier molecular flexibility index (Phi) is 6.42. The minimum atomic E-state index is -1.53. The normalized spacial score (nSPS) is 19.8. The lowest BCUT2D eigenvalue weighted by atomic mass is 9.70. The van der Waals surface area contributed by atoms with E-state index in [0.29, 0.717) is 35.6 Å². The van der Waals surface area contributed by atoms with E-state index in [4.69, 9.17) is 9.72 Å². The Labute approximate surface area is 242 Å². The summed E-state index contributed by atoms with van der Waals surface area (Å²) in [6.45, 7) is 5.56. The first-order valence-electron chi connectivity index (χ1n) is 14.5. The van der Waals surface area contributed by atoms with E-state index >= 15 is 0 Å². The van der Waals surface area contributed by atoms with Gasteiger partial charge in [-0.1, -0.05) is 25.1 Å². The molecule has 2 aromatic heterocycles. The molecule has 0 unspecified atom stereocenters. The second-order valence-electron chi connectivity index (χ2n) is 11.3. The quantitative estimate of drug-likeness (QED) is 0.227. The van der Waals surface area contributed by atoms with Crippen LogP contribution in [0, 0.1) is 5.82 Å². The predicted molar refractivity (Wildman–Crippen MR) is 157 cm³/mol. The number of nitrogens with zero attached hydrogens (tertiary/aromatic N) is 4. The number of esters is 1. The van der Waals surface area contributed by atoms with E-state index in [2.05, 4.69) is 15.9 Å². The first-order chi connectivity index (χ1) is 20.4. The summed E-state index contributed by atoms with van der Waals surface area (Å²) < 4.78 is 20.5. The number of benzene rings is 2. The van der Waals surface area contributed by atoms with Crippen molar-refractivity contribution in [3.63, 3.8) is 0 Å². The highest BCUT2D eigenvalue weighted by Gasteiger charge is 2.52. The van der Waals surface area contributed by atoms with Crippen molar-refractivity contribution in [1.29, 1.82) is 0 Å². The molecule has 1 saturated heterocycles. The van der Waals surface area contributed by atoms with Crippen molar-refractivity contribution in [2.24, 2.45) is 0 Å². The molecular weight excluding hydrogens is 535 g/mol. The Hall–Kier alpha value is -4.37. The lowest BCUT2D eigenvalue weighted by Crippen LogP contribution is -2.51. The highest BCUT2D eigenvalue weighted by atomic mass is 19.1. The van der Waals surface area contributed by atoms with Crippen LogP contribution in [0.4, 0.5) is 10.1 Å². The smallest absolute Gasteiger partial charge is 0.324 e. The van der Waals surface area contributed by atoms with Gasteiger partial charge >= 0.3 is 5.97 Å². The second-order valence-corrected chi connectivity index (χ2v) is 11.3. The van der Waals surface area contributed by atoms with Gasteiger partial charge in [0, 0.05) is 55.8 Å². The molecule has 0 aliphatic carbocycles. The largest absolute Gasteiger partial charge is 0.460 e. The molecule has 42 heavy (non-hydrogen) atoms. The minimum Gasteiger partial charge on any atom is -0.460 e. The van der Waals surface area contributed by atoms with Gasteiger partial charge in [0.1, 0.15) is 12.4 Å². The number of cyclic esters (lactones) is 1. The van der Waals surface area contributed by atoms with Crippen molar-refractivity contribution in [2.45, 2.75) is 38.3 Å². The van der Waals surface area contributed by atoms with Crippen molar-refractivity contribution < 1.29 is 18.7 Å². The van der Waals surface area contributed by atoms with Gasteiger partial charge in [-0.3, -0.25) is 19.3 Å². The summed E-state index contributed by atoms with van der Waals surface area (Å²) in [4.78, 5) is 50.5. The second kappa shape index (κ2) is 10.2. The number of piperazine rings is 1. The van der Waals surface area contributed by atoms with Crippen molar-refractivity contribution in [3.8, 4) is 11.4 Å². The zero-order valence-corrected chi connectivity index (χ0v) is 23.4. The van der Waals surface area contributed by atoms with Crippen molar-refractivity contribution in [1.82, 2.24) is 14.5 Å². The number of hydrogen-bond donors (Lipinski definition) is 0. The number of pyridine rings is 2. The van der Waals surface area contributed by atoms with Gasteiger partial charge in [0.2, 0.25) is 0 Å². The van der Waals surface area contributed by atoms with E-state index in [1.54, 1.807) is 23.6 Å². The number of carbonyl (C=O) groups excluding carboxylic acids is 2. The van der Waals surface area contributed by atoms with Gasteiger partial charge < -0.3 is 14.2 Å². The lowest BCUT2D eigenvalue weighted by molar-refractivity contribution is -0.158. The fraction of sp³-hybridized carbons (Fsp3) is 0.333. The van der Waals surface area contributed by atoms with Crippen LogP contribution in [-0.2, 0) is 32.9 Å². The Morgan fingerprint density at radius 3 is 2.55 bits per heavy atom. The van der Waals surface area contributed by atoms with Crippen LogP contribution in [0.15, 0.2) is 65.5 Å². The number of rotatable bonds is 6. The van der Waals surface area contributed by atoms with Crippen molar-refractivity contribution in [3.05, 3.63) is 93.5 Å². The van der Waals surface area contributed by atoms with Crippen LogP contribution in [0.1, 0.15) is 36.5 Å². The number of para-hydroxylation sites is 1. The molecule has 0 N–H and O–H groups in total. The number of anilines is 1. The molecule has 9 heteroatoms. The topological polar surface area (TPSA) is 84.7 Å². The van der Waals surface area contributed by atoms with E-state index in [0.717, 1.165) is 48.3 Å². The van der Waals surface area contributed by atoms with E-state index in [9.17, 15) is 18.8 Å². The van der Waals surface area contributed by atoms with E-state index in [1.165, 1.54) is 12.1 Å². The molecule has 3 aliphatic rings. The molecule has 0 spiro atoms.